The highest BCUT2D eigenvalue weighted by Gasteiger charge is 2.24. The van der Waals surface area contributed by atoms with Crippen molar-refractivity contribution < 1.29 is 23.8 Å². The fraction of sp³-hybridized carbons (Fsp3) is 0.429. The van der Waals surface area contributed by atoms with Crippen LogP contribution in [0.3, 0.4) is 0 Å². The van der Waals surface area contributed by atoms with Crippen LogP contribution in [0.5, 0.6) is 11.5 Å². The third-order valence-corrected chi connectivity index (χ3v) is 6.63. The van der Waals surface area contributed by atoms with Crippen LogP contribution in [-0.4, -0.2) is 55.7 Å². The molecule has 186 valence electrons. The number of methoxy groups -OCH3 is 1. The number of benzene rings is 2. The number of rotatable bonds is 8. The number of anilines is 1. The standard InChI is InChI=1S/C28H34N2O5/c1-18-7-5-9-24(20(18)3)29-27(31)17-30(16-23-8-6-12-34-23)28(32)11-10-21-14-26-22(13-19(2)35-26)15-25(21)33-4/h5,7,9-11,14-15,19,23H,6,8,12-13,16-17H2,1-4H3,(H,29,31)/b11-10+. The van der Waals surface area contributed by atoms with Crippen molar-refractivity contribution in [3.8, 4) is 11.5 Å². The van der Waals surface area contributed by atoms with E-state index in [0.717, 1.165) is 53.0 Å². The molecule has 0 spiro atoms. The Morgan fingerprint density at radius 2 is 2.09 bits per heavy atom. The minimum atomic E-state index is -0.256. The Bertz CT molecular complexity index is 1120. The largest absolute Gasteiger partial charge is 0.496 e. The van der Waals surface area contributed by atoms with E-state index < -0.39 is 0 Å². The van der Waals surface area contributed by atoms with Gasteiger partial charge in [0.25, 0.3) is 0 Å². The van der Waals surface area contributed by atoms with Crippen LogP contribution in [-0.2, 0) is 20.7 Å². The van der Waals surface area contributed by atoms with E-state index in [4.69, 9.17) is 14.2 Å². The van der Waals surface area contributed by atoms with E-state index in [1.165, 1.54) is 6.08 Å². The highest BCUT2D eigenvalue weighted by atomic mass is 16.5. The van der Waals surface area contributed by atoms with Crippen LogP contribution in [0.25, 0.3) is 6.08 Å². The van der Waals surface area contributed by atoms with Crippen LogP contribution < -0.4 is 14.8 Å². The van der Waals surface area contributed by atoms with E-state index in [1.807, 2.05) is 51.1 Å². The summed E-state index contributed by atoms with van der Waals surface area (Å²) in [6.07, 6.45) is 5.93. The van der Waals surface area contributed by atoms with Crippen LogP contribution in [0.2, 0.25) is 0 Å². The lowest BCUT2D eigenvalue weighted by Gasteiger charge is -2.24. The molecular formula is C28H34N2O5. The first kappa shape index (κ1) is 24.8. The molecule has 35 heavy (non-hydrogen) atoms. The summed E-state index contributed by atoms with van der Waals surface area (Å²) in [6, 6.07) is 9.64. The zero-order valence-electron chi connectivity index (χ0n) is 20.9. The second kappa shape index (κ2) is 11.0. The van der Waals surface area contributed by atoms with Gasteiger partial charge in [0.05, 0.1) is 13.2 Å². The number of nitrogens with zero attached hydrogens (tertiary/aromatic N) is 1. The normalized spacial score (nSPS) is 18.9. The zero-order chi connectivity index (χ0) is 24.9. The topological polar surface area (TPSA) is 77.1 Å². The Morgan fingerprint density at radius 1 is 1.26 bits per heavy atom. The molecule has 0 saturated carbocycles. The molecule has 7 nitrogen and oxygen atoms in total. The summed E-state index contributed by atoms with van der Waals surface area (Å²) in [5.41, 5.74) is 4.72. The van der Waals surface area contributed by atoms with Gasteiger partial charge in [0.1, 0.15) is 24.1 Å². The van der Waals surface area contributed by atoms with Crippen LogP contribution >= 0.6 is 0 Å². The fourth-order valence-corrected chi connectivity index (χ4v) is 4.54. The van der Waals surface area contributed by atoms with Crippen molar-refractivity contribution in [1.29, 1.82) is 0 Å². The van der Waals surface area contributed by atoms with Gasteiger partial charge >= 0.3 is 0 Å². The number of hydrogen-bond acceptors (Lipinski definition) is 5. The lowest BCUT2D eigenvalue weighted by molar-refractivity contribution is -0.131. The maximum absolute atomic E-state index is 13.2. The third-order valence-electron chi connectivity index (χ3n) is 6.63. The third kappa shape index (κ3) is 6.03. The summed E-state index contributed by atoms with van der Waals surface area (Å²) >= 11 is 0. The summed E-state index contributed by atoms with van der Waals surface area (Å²) < 4.78 is 17.1. The molecule has 2 heterocycles. The van der Waals surface area contributed by atoms with Gasteiger partial charge in [-0.25, -0.2) is 0 Å². The minimum Gasteiger partial charge on any atom is -0.496 e. The Balaban J connectivity index is 1.50. The number of carbonyl (C=O) groups excluding carboxylic acids is 2. The molecule has 7 heteroatoms. The molecule has 0 radical (unpaired) electrons. The number of amides is 2. The second-order valence-electron chi connectivity index (χ2n) is 9.32. The van der Waals surface area contributed by atoms with E-state index in [-0.39, 0.29) is 30.6 Å². The van der Waals surface area contributed by atoms with Crippen LogP contribution in [0.15, 0.2) is 36.4 Å². The molecule has 1 saturated heterocycles. The number of hydrogen-bond donors (Lipinski definition) is 1. The summed E-state index contributed by atoms with van der Waals surface area (Å²) in [4.78, 5) is 27.7. The zero-order valence-corrected chi connectivity index (χ0v) is 20.9. The van der Waals surface area contributed by atoms with Gasteiger partial charge in [0.15, 0.2) is 0 Å². The van der Waals surface area contributed by atoms with Gasteiger partial charge in [-0.15, -0.1) is 0 Å². The van der Waals surface area contributed by atoms with Crippen molar-refractivity contribution in [3.63, 3.8) is 0 Å². The maximum atomic E-state index is 13.2. The van der Waals surface area contributed by atoms with Gasteiger partial charge < -0.3 is 24.4 Å². The Kier molecular flexibility index (Phi) is 7.76. The molecule has 2 unspecified atom stereocenters. The van der Waals surface area contributed by atoms with E-state index in [2.05, 4.69) is 5.32 Å². The van der Waals surface area contributed by atoms with Crippen LogP contribution in [0, 0.1) is 13.8 Å². The molecule has 0 aliphatic carbocycles. The highest BCUT2D eigenvalue weighted by Crippen LogP contribution is 2.35. The summed E-state index contributed by atoms with van der Waals surface area (Å²) in [5, 5.41) is 2.95. The molecule has 2 aromatic carbocycles. The molecule has 0 aromatic heterocycles. The number of carbonyl (C=O) groups is 2. The van der Waals surface area contributed by atoms with Crippen molar-refractivity contribution in [2.75, 3.05) is 32.1 Å². The van der Waals surface area contributed by atoms with Gasteiger partial charge in [0.2, 0.25) is 11.8 Å². The van der Waals surface area contributed by atoms with E-state index in [0.29, 0.717) is 18.9 Å². The summed E-state index contributed by atoms with van der Waals surface area (Å²) in [5.74, 6) is 1.00. The van der Waals surface area contributed by atoms with Gasteiger partial charge in [0, 0.05) is 42.5 Å². The Labute approximate surface area is 207 Å². The van der Waals surface area contributed by atoms with Crippen molar-refractivity contribution in [2.24, 2.45) is 0 Å². The maximum Gasteiger partial charge on any atom is 0.247 e. The molecule has 0 bridgehead atoms. The predicted octanol–water partition coefficient (Wildman–Crippen LogP) is 4.29. The average Bonchev–Trinajstić information content (AvgIpc) is 3.47. The van der Waals surface area contributed by atoms with Crippen molar-refractivity contribution in [2.45, 2.75) is 52.2 Å². The predicted molar refractivity (Wildman–Crippen MR) is 136 cm³/mol. The molecule has 1 fully saturated rings. The van der Waals surface area contributed by atoms with E-state index >= 15 is 0 Å². The number of fused-ring (bicyclic) bond motifs is 1. The summed E-state index contributed by atoms with van der Waals surface area (Å²) in [6.45, 7) is 6.99. The van der Waals surface area contributed by atoms with Crippen molar-refractivity contribution in [1.82, 2.24) is 4.90 Å². The van der Waals surface area contributed by atoms with Crippen molar-refractivity contribution in [3.05, 3.63) is 58.7 Å². The monoisotopic (exact) mass is 478 g/mol. The van der Waals surface area contributed by atoms with Gasteiger partial charge in [-0.2, -0.15) is 0 Å². The SMILES string of the molecule is COc1cc2c(cc1/C=C/C(=O)N(CC(=O)Nc1cccc(C)c1C)CC1CCCO1)OC(C)C2. The molecule has 2 aliphatic heterocycles. The molecule has 2 aromatic rings. The second-order valence-corrected chi connectivity index (χ2v) is 9.32. The fourth-order valence-electron chi connectivity index (χ4n) is 4.54. The Hall–Kier alpha value is -3.32. The molecular weight excluding hydrogens is 444 g/mol. The lowest BCUT2D eigenvalue weighted by atomic mass is 10.1. The molecule has 2 amide bonds. The molecule has 1 N–H and O–H groups in total. The quantitative estimate of drug-likeness (QED) is 0.573. The Morgan fingerprint density at radius 3 is 2.83 bits per heavy atom. The van der Waals surface area contributed by atoms with Crippen LogP contribution in [0.1, 0.15) is 42.0 Å². The first-order chi connectivity index (χ1) is 16.8. The molecule has 4 rings (SSSR count). The van der Waals surface area contributed by atoms with Crippen LogP contribution in [0.4, 0.5) is 5.69 Å². The first-order valence-electron chi connectivity index (χ1n) is 12.2. The lowest BCUT2D eigenvalue weighted by Crippen LogP contribution is -2.41. The molecule has 2 atom stereocenters. The van der Waals surface area contributed by atoms with E-state index in [1.54, 1.807) is 18.1 Å². The smallest absolute Gasteiger partial charge is 0.247 e. The summed E-state index contributed by atoms with van der Waals surface area (Å²) in [7, 11) is 1.61. The van der Waals surface area contributed by atoms with Crippen molar-refractivity contribution >= 4 is 23.6 Å². The number of aryl methyl sites for hydroxylation is 1. The molecule has 2 aliphatic rings. The number of ether oxygens (including phenoxy) is 3. The van der Waals surface area contributed by atoms with Gasteiger partial charge in [-0.3, -0.25) is 9.59 Å². The average molecular weight is 479 g/mol. The van der Waals surface area contributed by atoms with Gasteiger partial charge in [-0.05, 0) is 69.0 Å². The number of nitrogens with one attached hydrogen (secondary N) is 1. The van der Waals surface area contributed by atoms with E-state index in [9.17, 15) is 9.59 Å². The first-order valence-corrected chi connectivity index (χ1v) is 12.2. The minimum absolute atomic E-state index is 0.0572. The highest BCUT2D eigenvalue weighted by molar-refractivity contribution is 5.98. The van der Waals surface area contributed by atoms with Gasteiger partial charge in [-0.1, -0.05) is 12.1 Å².